The highest BCUT2D eigenvalue weighted by Gasteiger charge is 2.43. The van der Waals surface area contributed by atoms with Gasteiger partial charge in [0.25, 0.3) is 0 Å². The van der Waals surface area contributed by atoms with Crippen molar-refractivity contribution in [1.82, 2.24) is 9.21 Å². The number of aromatic hydroxyl groups is 1. The lowest BCUT2D eigenvalue weighted by molar-refractivity contribution is -0.169. The second kappa shape index (κ2) is 9.63. The number of sulfonamides is 1. The highest BCUT2D eigenvalue weighted by atomic mass is 32.2. The number of hydrogen-bond acceptors (Lipinski definition) is 9. The second-order valence-corrected chi connectivity index (χ2v) is 10.9. The van der Waals surface area contributed by atoms with Crippen molar-refractivity contribution in [2.75, 3.05) is 26.2 Å². The lowest BCUT2D eigenvalue weighted by atomic mass is 9.84. The van der Waals surface area contributed by atoms with Gasteiger partial charge in [-0.05, 0) is 6.07 Å². The van der Waals surface area contributed by atoms with Crippen LogP contribution in [0.5, 0.6) is 5.75 Å². The number of ketones is 2. The van der Waals surface area contributed by atoms with E-state index in [4.69, 9.17) is 10.2 Å². The monoisotopic (exact) mass is 546 g/mol. The SMILES string of the molecule is O=C(O)CC(O)(CC(=O)N1CCN(S(=O)(=O)c2cc(O)c3c(c2)C(=O)c2ccccc2C3=O)CC1)C(=O)O. The first-order valence-corrected chi connectivity index (χ1v) is 12.7. The molecule has 0 spiro atoms. The molecular formula is C24H22N2O11S. The van der Waals surface area contributed by atoms with Crippen LogP contribution in [0, 0.1) is 0 Å². The lowest BCUT2D eigenvalue weighted by Crippen LogP contribution is -2.53. The predicted octanol–water partition coefficient (Wildman–Crippen LogP) is -0.319. The lowest BCUT2D eigenvalue weighted by Gasteiger charge is -2.35. The third kappa shape index (κ3) is 4.64. The van der Waals surface area contributed by atoms with Crippen molar-refractivity contribution in [3.63, 3.8) is 0 Å². The molecule has 1 fully saturated rings. The topological polar surface area (TPSA) is 207 Å². The molecule has 1 atom stereocenters. The van der Waals surface area contributed by atoms with Crippen molar-refractivity contribution in [2.24, 2.45) is 0 Å². The van der Waals surface area contributed by atoms with Crippen molar-refractivity contribution < 1.29 is 52.8 Å². The van der Waals surface area contributed by atoms with Crippen LogP contribution in [0.4, 0.5) is 0 Å². The maximum absolute atomic E-state index is 13.3. The van der Waals surface area contributed by atoms with Gasteiger partial charge in [-0.3, -0.25) is 19.2 Å². The normalized spacial score (nSPS) is 17.3. The Balaban J connectivity index is 1.53. The Kier molecular flexibility index (Phi) is 6.82. The number of rotatable bonds is 7. The van der Waals surface area contributed by atoms with Crippen LogP contribution in [0.2, 0.25) is 0 Å². The number of benzene rings is 2. The number of aliphatic carboxylic acids is 2. The third-order valence-corrected chi connectivity index (χ3v) is 8.37. The summed E-state index contributed by atoms with van der Waals surface area (Å²) >= 11 is 0. The van der Waals surface area contributed by atoms with Crippen LogP contribution >= 0.6 is 0 Å². The van der Waals surface area contributed by atoms with Crippen molar-refractivity contribution in [2.45, 2.75) is 23.3 Å². The van der Waals surface area contributed by atoms with E-state index >= 15 is 0 Å². The molecule has 0 aromatic heterocycles. The van der Waals surface area contributed by atoms with Gasteiger partial charge in [-0.15, -0.1) is 0 Å². The van der Waals surface area contributed by atoms with Crippen molar-refractivity contribution in [1.29, 1.82) is 0 Å². The number of carbonyl (C=O) groups is 5. The molecule has 1 unspecified atom stereocenters. The van der Waals surface area contributed by atoms with Crippen LogP contribution in [0.1, 0.15) is 44.7 Å². The molecule has 4 rings (SSSR count). The molecule has 1 heterocycles. The van der Waals surface area contributed by atoms with Crippen LogP contribution in [-0.2, 0) is 24.4 Å². The first-order chi connectivity index (χ1) is 17.8. The van der Waals surface area contributed by atoms with Crippen molar-refractivity contribution >= 4 is 39.4 Å². The minimum atomic E-state index is -4.30. The molecule has 13 nitrogen and oxygen atoms in total. The molecule has 0 saturated carbocycles. The second-order valence-electron chi connectivity index (χ2n) is 8.94. The number of carboxylic acids is 2. The molecule has 0 bridgehead atoms. The van der Waals surface area contributed by atoms with E-state index in [1.54, 1.807) is 12.1 Å². The van der Waals surface area contributed by atoms with Gasteiger partial charge in [0.15, 0.2) is 17.2 Å². The van der Waals surface area contributed by atoms with E-state index in [2.05, 4.69) is 0 Å². The average Bonchev–Trinajstić information content (AvgIpc) is 2.86. The van der Waals surface area contributed by atoms with Gasteiger partial charge >= 0.3 is 11.9 Å². The van der Waals surface area contributed by atoms with Gasteiger partial charge in [0.05, 0.1) is 23.3 Å². The number of fused-ring (bicyclic) bond motifs is 2. The van der Waals surface area contributed by atoms with Gasteiger partial charge in [0, 0.05) is 48.9 Å². The third-order valence-electron chi connectivity index (χ3n) is 6.49. The minimum absolute atomic E-state index is 0.0790. The Labute approximate surface area is 215 Å². The number of aliphatic hydroxyl groups is 1. The molecule has 0 radical (unpaired) electrons. The van der Waals surface area contributed by atoms with E-state index in [0.717, 1.165) is 21.3 Å². The van der Waals surface area contributed by atoms with Crippen molar-refractivity contribution in [3.05, 3.63) is 58.7 Å². The number of amides is 1. The Morgan fingerprint density at radius 1 is 0.868 bits per heavy atom. The zero-order valence-electron chi connectivity index (χ0n) is 19.7. The number of nitrogens with zero attached hydrogens (tertiary/aromatic N) is 2. The summed E-state index contributed by atoms with van der Waals surface area (Å²) < 4.78 is 27.6. The summed E-state index contributed by atoms with van der Waals surface area (Å²) in [6.45, 7) is -0.872. The van der Waals surface area contributed by atoms with Gasteiger partial charge in [0.2, 0.25) is 15.9 Å². The molecule has 1 amide bonds. The molecule has 38 heavy (non-hydrogen) atoms. The molecular weight excluding hydrogens is 524 g/mol. The van der Waals surface area contributed by atoms with Crippen LogP contribution in [-0.4, -0.2) is 99.2 Å². The molecule has 1 aliphatic heterocycles. The number of phenolic OH excluding ortho intramolecular Hbond substituents is 1. The number of carbonyl (C=O) groups excluding carboxylic acids is 3. The fourth-order valence-electron chi connectivity index (χ4n) is 4.48. The van der Waals surface area contributed by atoms with E-state index in [1.807, 2.05) is 0 Å². The molecule has 2 aliphatic rings. The smallest absolute Gasteiger partial charge is 0.336 e. The highest BCUT2D eigenvalue weighted by Crippen LogP contribution is 2.35. The summed E-state index contributed by atoms with van der Waals surface area (Å²) in [7, 11) is -4.30. The number of carboxylic acid groups (broad SMARTS) is 2. The average molecular weight is 547 g/mol. The zero-order chi connectivity index (χ0) is 28.0. The summed E-state index contributed by atoms with van der Waals surface area (Å²) in [4.78, 5) is 61.3. The molecule has 2 aromatic carbocycles. The predicted molar refractivity (Wildman–Crippen MR) is 126 cm³/mol. The number of piperazine rings is 1. The van der Waals surface area contributed by atoms with Gasteiger partial charge in [-0.2, -0.15) is 4.31 Å². The molecule has 2 aromatic rings. The molecule has 1 aliphatic carbocycles. The Morgan fingerprint density at radius 2 is 1.45 bits per heavy atom. The van der Waals surface area contributed by atoms with E-state index in [0.29, 0.717) is 0 Å². The molecule has 4 N–H and O–H groups in total. The molecule has 200 valence electrons. The van der Waals surface area contributed by atoms with Crippen LogP contribution in [0.3, 0.4) is 0 Å². The maximum Gasteiger partial charge on any atom is 0.336 e. The first kappa shape index (κ1) is 26.9. The van der Waals surface area contributed by atoms with Crippen molar-refractivity contribution in [3.8, 4) is 5.75 Å². The summed E-state index contributed by atoms with van der Waals surface area (Å²) in [5.74, 6) is -6.28. The minimum Gasteiger partial charge on any atom is -0.507 e. The first-order valence-electron chi connectivity index (χ1n) is 11.3. The summed E-state index contributed by atoms with van der Waals surface area (Å²) in [5, 5.41) is 38.6. The fourth-order valence-corrected chi connectivity index (χ4v) is 5.95. The number of hydrogen-bond donors (Lipinski definition) is 4. The van der Waals surface area contributed by atoms with Gasteiger partial charge in [-0.25, -0.2) is 13.2 Å². The van der Waals surface area contributed by atoms with Gasteiger partial charge in [0.1, 0.15) is 5.75 Å². The van der Waals surface area contributed by atoms with E-state index in [-0.39, 0.29) is 48.4 Å². The Hall–Kier alpha value is -4.14. The zero-order valence-corrected chi connectivity index (χ0v) is 20.5. The van der Waals surface area contributed by atoms with E-state index < -0.39 is 68.5 Å². The largest absolute Gasteiger partial charge is 0.507 e. The van der Waals surface area contributed by atoms with E-state index in [1.165, 1.54) is 12.1 Å². The standard InChI is InChI=1S/C24H22N2O11S/c27-17-10-13(9-16-20(17)22(32)15-4-2-1-3-14(15)21(16)31)38(36,37)26-7-5-25(6-8-26)18(28)11-24(35,23(33)34)12-19(29)30/h1-4,9-10,27,35H,5-8,11-12H2,(H,29,30)(H,33,34). The Bertz CT molecular complexity index is 1490. The van der Waals surface area contributed by atoms with Gasteiger partial charge in [-0.1, -0.05) is 24.3 Å². The quantitative estimate of drug-likeness (QED) is 0.302. The van der Waals surface area contributed by atoms with Crippen LogP contribution < -0.4 is 0 Å². The summed E-state index contributed by atoms with van der Waals surface area (Å²) in [6.07, 6.45) is -2.21. The summed E-state index contributed by atoms with van der Waals surface area (Å²) in [5.41, 5.74) is -3.21. The van der Waals surface area contributed by atoms with E-state index in [9.17, 15) is 42.6 Å². The fraction of sp³-hybridized carbons (Fsp3) is 0.292. The van der Waals surface area contributed by atoms with Gasteiger partial charge < -0.3 is 25.3 Å². The van der Waals surface area contributed by atoms with Crippen LogP contribution in [0.15, 0.2) is 41.3 Å². The maximum atomic E-state index is 13.3. The summed E-state index contributed by atoms with van der Waals surface area (Å²) in [6, 6.07) is 7.87. The van der Waals surface area contributed by atoms with Crippen LogP contribution in [0.25, 0.3) is 0 Å². The number of phenols is 1. The molecule has 1 saturated heterocycles. The Morgan fingerprint density at radius 3 is 2.00 bits per heavy atom. The highest BCUT2D eigenvalue weighted by molar-refractivity contribution is 7.89. The molecule has 14 heteroatoms.